The van der Waals surface area contributed by atoms with E-state index in [9.17, 15) is 0 Å². The van der Waals surface area contributed by atoms with E-state index in [-0.39, 0.29) is 6.10 Å². The molecule has 4 rings (SSSR count). The monoisotopic (exact) mass is 353 g/mol. The summed E-state index contributed by atoms with van der Waals surface area (Å²) in [5.74, 6) is 1.67. The molecule has 0 saturated carbocycles. The number of benzene rings is 2. The van der Waals surface area contributed by atoms with Crippen molar-refractivity contribution in [2.45, 2.75) is 32.0 Å². The molecule has 0 spiro atoms. The molecule has 1 saturated heterocycles. The van der Waals surface area contributed by atoms with Gasteiger partial charge in [0, 0.05) is 6.54 Å². The van der Waals surface area contributed by atoms with Gasteiger partial charge in [-0.1, -0.05) is 36.4 Å². The van der Waals surface area contributed by atoms with Crippen molar-refractivity contribution in [3.63, 3.8) is 0 Å². The summed E-state index contributed by atoms with van der Waals surface area (Å²) in [7, 11) is 0. The number of hydrogen-bond donors (Lipinski definition) is 0. The third kappa shape index (κ3) is 4.37. The molecule has 138 valence electrons. The second-order valence-corrected chi connectivity index (χ2v) is 7.03. The van der Waals surface area contributed by atoms with Crippen LogP contribution in [0.25, 0.3) is 0 Å². The molecule has 0 unspecified atom stereocenters. The van der Waals surface area contributed by atoms with E-state index in [0.29, 0.717) is 19.8 Å². The predicted octanol–water partition coefficient (Wildman–Crippen LogP) is 4.20. The van der Waals surface area contributed by atoms with E-state index < -0.39 is 0 Å². The maximum atomic E-state index is 6.34. The van der Waals surface area contributed by atoms with Gasteiger partial charge >= 0.3 is 0 Å². The van der Waals surface area contributed by atoms with Crippen molar-refractivity contribution in [3.8, 4) is 11.5 Å². The molecule has 26 heavy (non-hydrogen) atoms. The van der Waals surface area contributed by atoms with Crippen LogP contribution in [-0.4, -0.2) is 37.7 Å². The van der Waals surface area contributed by atoms with Gasteiger partial charge in [0.1, 0.15) is 13.2 Å². The summed E-state index contributed by atoms with van der Waals surface area (Å²) < 4.78 is 17.8. The van der Waals surface area contributed by atoms with Crippen LogP contribution in [0.15, 0.2) is 48.5 Å². The average molecular weight is 353 g/mol. The van der Waals surface area contributed by atoms with Crippen molar-refractivity contribution in [3.05, 3.63) is 59.7 Å². The first-order valence-corrected chi connectivity index (χ1v) is 9.66. The second-order valence-electron chi connectivity index (χ2n) is 7.03. The van der Waals surface area contributed by atoms with Crippen molar-refractivity contribution in [2.75, 3.05) is 32.8 Å². The van der Waals surface area contributed by atoms with E-state index in [1.54, 1.807) is 0 Å². The quantitative estimate of drug-likeness (QED) is 0.746. The molecular weight excluding hydrogens is 326 g/mol. The Labute approximate surface area is 155 Å². The second kappa shape index (κ2) is 8.56. The molecule has 2 aliphatic rings. The highest BCUT2D eigenvalue weighted by molar-refractivity contribution is 5.44. The van der Waals surface area contributed by atoms with Crippen molar-refractivity contribution in [1.82, 2.24) is 4.90 Å². The number of nitrogens with zero attached hydrogens (tertiary/aromatic N) is 1. The summed E-state index contributed by atoms with van der Waals surface area (Å²) in [5, 5.41) is 0. The van der Waals surface area contributed by atoms with Crippen LogP contribution >= 0.6 is 0 Å². The van der Waals surface area contributed by atoms with Crippen molar-refractivity contribution >= 4 is 0 Å². The normalized spacial score (nSPS) is 18.0. The van der Waals surface area contributed by atoms with Crippen LogP contribution in [0.1, 0.15) is 36.5 Å². The molecule has 0 N–H and O–H groups in total. The van der Waals surface area contributed by atoms with Crippen LogP contribution in [0.4, 0.5) is 0 Å². The molecule has 1 atom stereocenters. The molecule has 2 heterocycles. The zero-order valence-electron chi connectivity index (χ0n) is 15.2. The highest BCUT2D eigenvalue weighted by Crippen LogP contribution is 2.35. The van der Waals surface area contributed by atoms with Gasteiger partial charge in [0.05, 0.1) is 12.7 Å². The Balaban J connectivity index is 1.47. The number of hydrogen-bond acceptors (Lipinski definition) is 4. The third-order valence-corrected chi connectivity index (χ3v) is 5.14. The van der Waals surface area contributed by atoms with Crippen LogP contribution in [0.5, 0.6) is 11.5 Å². The Hall–Kier alpha value is -2.04. The molecular formula is C22H27NO3. The van der Waals surface area contributed by atoms with Gasteiger partial charge in [-0.05, 0) is 55.6 Å². The molecule has 0 radical (unpaired) electrons. The van der Waals surface area contributed by atoms with E-state index >= 15 is 0 Å². The first-order valence-electron chi connectivity index (χ1n) is 9.66. The van der Waals surface area contributed by atoms with E-state index in [2.05, 4.69) is 41.3 Å². The van der Waals surface area contributed by atoms with Crippen LogP contribution in [-0.2, 0) is 11.3 Å². The van der Waals surface area contributed by atoms with E-state index in [0.717, 1.165) is 24.5 Å². The van der Waals surface area contributed by atoms with Gasteiger partial charge in [0.25, 0.3) is 0 Å². The highest BCUT2D eigenvalue weighted by Gasteiger charge is 2.20. The number of rotatable bonds is 7. The fraction of sp³-hybridized carbons (Fsp3) is 0.455. The summed E-state index contributed by atoms with van der Waals surface area (Å²) in [6.45, 7) is 5.36. The molecule has 0 amide bonds. The lowest BCUT2D eigenvalue weighted by atomic mass is 10.0. The van der Waals surface area contributed by atoms with Crippen LogP contribution in [0, 0.1) is 0 Å². The van der Waals surface area contributed by atoms with E-state index in [4.69, 9.17) is 14.2 Å². The van der Waals surface area contributed by atoms with Gasteiger partial charge in [-0.2, -0.15) is 0 Å². The summed E-state index contributed by atoms with van der Waals surface area (Å²) in [5.41, 5.74) is 2.38. The van der Waals surface area contributed by atoms with Gasteiger partial charge in [0.15, 0.2) is 11.5 Å². The fourth-order valence-corrected chi connectivity index (χ4v) is 3.68. The maximum absolute atomic E-state index is 6.34. The Morgan fingerprint density at radius 1 is 0.923 bits per heavy atom. The lowest BCUT2D eigenvalue weighted by Crippen LogP contribution is -2.23. The highest BCUT2D eigenvalue weighted by atomic mass is 16.6. The van der Waals surface area contributed by atoms with Crippen LogP contribution < -0.4 is 9.47 Å². The van der Waals surface area contributed by atoms with Crippen LogP contribution in [0.2, 0.25) is 0 Å². The van der Waals surface area contributed by atoms with Crippen molar-refractivity contribution in [2.24, 2.45) is 0 Å². The average Bonchev–Trinajstić information content (AvgIpc) is 3.22. The predicted molar refractivity (Wildman–Crippen MR) is 102 cm³/mol. The van der Waals surface area contributed by atoms with Gasteiger partial charge in [-0.15, -0.1) is 0 Å². The van der Waals surface area contributed by atoms with Crippen molar-refractivity contribution < 1.29 is 14.2 Å². The van der Waals surface area contributed by atoms with E-state index in [1.807, 2.05) is 12.1 Å². The molecule has 4 heteroatoms. The Morgan fingerprint density at radius 2 is 1.69 bits per heavy atom. The Morgan fingerprint density at radius 3 is 2.50 bits per heavy atom. The molecule has 2 aromatic rings. The van der Waals surface area contributed by atoms with Gasteiger partial charge in [-0.3, -0.25) is 0 Å². The Kier molecular flexibility index (Phi) is 5.72. The summed E-state index contributed by atoms with van der Waals surface area (Å²) >= 11 is 0. The topological polar surface area (TPSA) is 30.9 Å². The Bertz CT molecular complexity index is 698. The lowest BCUT2D eigenvalue weighted by molar-refractivity contribution is 0.0279. The first-order chi connectivity index (χ1) is 12.9. The fourth-order valence-electron chi connectivity index (χ4n) is 3.68. The van der Waals surface area contributed by atoms with E-state index in [1.165, 1.54) is 37.1 Å². The molecule has 4 nitrogen and oxygen atoms in total. The SMILES string of the molecule is c1ccc(CO[C@@H](CCN2CCCC2)c2ccc3c(c2)OCCO3)cc1. The number of ether oxygens (including phenoxy) is 3. The molecule has 2 aliphatic heterocycles. The molecule has 1 fully saturated rings. The minimum absolute atomic E-state index is 0.0617. The minimum Gasteiger partial charge on any atom is -0.486 e. The van der Waals surface area contributed by atoms with Crippen molar-refractivity contribution in [1.29, 1.82) is 0 Å². The molecule has 2 aromatic carbocycles. The molecule has 0 aromatic heterocycles. The van der Waals surface area contributed by atoms with Gasteiger partial charge in [-0.25, -0.2) is 0 Å². The first kappa shape index (κ1) is 17.4. The maximum Gasteiger partial charge on any atom is 0.161 e. The standard InChI is InChI=1S/C22H27NO3/c1-2-6-18(7-3-1)17-26-20(10-13-23-11-4-5-12-23)19-8-9-21-22(16-19)25-15-14-24-21/h1-3,6-9,16,20H,4-5,10-15,17H2/t20-/m0/s1. The smallest absolute Gasteiger partial charge is 0.161 e. The molecule has 0 bridgehead atoms. The minimum atomic E-state index is 0.0617. The molecule has 0 aliphatic carbocycles. The largest absolute Gasteiger partial charge is 0.486 e. The number of likely N-dealkylation sites (tertiary alicyclic amines) is 1. The third-order valence-electron chi connectivity index (χ3n) is 5.14. The summed E-state index contributed by atoms with van der Waals surface area (Å²) in [6.07, 6.45) is 3.69. The van der Waals surface area contributed by atoms with Crippen LogP contribution in [0.3, 0.4) is 0 Å². The van der Waals surface area contributed by atoms with Gasteiger partial charge in [0.2, 0.25) is 0 Å². The lowest BCUT2D eigenvalue weighted by Gasteiger charge is -2.24. The van der Waals surface area contributed by atoms with Gasteiger partial charge < -0.3 is 19.1 Å². The zero-order valence-corrected chi connectivity index (χ0v) is 15.2. The zero-order chi connectivity index (χ0) is 17.6. The number of fused-ring (bicyclic) bond motifs is 1. The summed E-state index contributed by atoms with van der Waals surface area (Å²) in [6, 6.07) is 16.6. The summed E-state index contributed by atoms with van der Waals surface area (Å²) in [4.78, 5) is 2.54.